The fourth-order valence-corrected chi connectivity index (χ4v) is 3.02. The van der Waals surface area contributed by atoms with Crippen molar-refractivity contribution in [3.63, 3.8) is 0 Å². The Bertz CT molecular complexity index is 749. The van der Waals surface area contributed by atoms with Crippen LogP contribution in [0.2, 0.25) is 5.02 Å². The maximum absolute atomic E-state index is 12.6. The van der Waals surface area contributed by atoms with E-state index >= 15 is 0 Å². The van der Waals surface area contributed by atoms with Crippen molar-refractivity contribution in [1.82, 2.24) is 15.1 Å². The molecule has 2 aromatic rings. The first-order chi connectivity index (χ1) is 12.0. The number of benzene rings is 2. The van der Waals surface area contributed by atoms with E-state index in [0.29, 0.717) is 18.0 Å². The normalized spacial score (nSPS) is 17.2. The molecule has 1 N–H and O–H groups in total. The SMILES string of the molecule is CN(Cc1ccc(Cl)cc1)CN1C(=O)NC(Cc2ccccc2)C1=O. The molecule has 1 aliphatic heterocycles. The van der Waals surface area contributed by atoms with Crippen LogP contribution < -0.4 is 5.32 Å². The topological polar surface area (TPSA) is 52.6 Å². The summed E-state index contributed by atoms with van der Waals surface area (Å²) in [5.74, 6) is -0.184. The Balaban J connectivity index is 1.59. The van der Waals surface area contributed by atoms with Crippen molar-refractivity contribution in [3.8, 4) is 0 Å². The van der Waals surface area contributed by atoms with Crippen molar-refractivity contribution in [2.24, 2.45) is 0 Å². The molecular weight excluding hydrogens is 338 g/mol. The Morgan fingerprint density at radius 2 is 1.72 bits per heavy atom. The highest BCUT2D eigenvalue weighted by Crippen LogP contribution is 2.14. The summed E-state index contributed by atoms with van der Waals surface area (Å²) >= 11 is 5.89. The van der Waals surface area contributed by atoms with Gasteiger partial charge in [0.25, 0.3) is 5.91 Å². The van der Waals surface area contributed by atoms with Crippen molar-refractivity contribution in [2.75, 3.05) is 13.7 Å². The van der Waals surface area contributed by atoms with Gasteiger partial charge < -0.3 is 5.32 Å². The third-order valence-electron chi connectivity index (χ3n) is 4.14. The Hall–Kier alpha value is -2.37. The molecule has 5 nitrogen and oxygen atoms in total. The fourth-order valence-electron chi connectivity index (χ4n) is 2.89. The maximum atomic E-state index is 12.6. The molecule has 1 atom stereocenters. The highest BCUT2D eigenvalue weighted by molar-refractivity contribution is 6.30. The minimum Gasteiger partial charge on any atom is -0.325 e. The molecule has 1 fully saturated rings. The average Bonchev–Trinajstić information content (AvgIpc) is 2.85. The minimum absolute atomic E-state index is 0.184. The zero-order valence-corrected chi connectivity index (χ0v) is 14.7. The van der Waals surface area contributed by atoms with Crippen LogP contribution in [0.3, 0.4) is 0 Å². The lowest BCUT2D eigenvalue weighted by molar-refractivity contribution is -0.128. The number of nitrogens with zero attached hydrogens (tertiary/aromatic N) is 2. The Labute approximate surface area is 152 Å². The van der Waals surface area contributed by atoms with Crippen LogP contribution in [-0.2, 0) is 17.8 Å². The molecule has 0 spiro atoms. The van der Waals surface area contributed by atoms with Crippen LogP contribution in [0, 0.1) is 0 Å². The van der Waals surface area contributed by atoms with Crippen LogP contribution in [0.15, 0.2) is 54.6 Å². The maximum Gasteiger partial charge on any atom is 0.325 e. The van der Waals surface area contributed by atoms with Gasteiger partial charge in [-0.05, 0) is 30.3 Å². The number of imide groups is 1. The molecule has 2 aromatic carbocycles. The summed E-state index contributed by atoms with van der Waals surface area (Å²) in [6.07, 6.45) is 0.503. The highest BCUT2D eigenvalue weighted by atomic mass is 35.5. The van der Waals surface area contributed by atoms with Gasteiger partial charge in [0.2, 0.25) is 0 Å². The predicted octanol–water partition coefficient (Wildman–Crippen LogP) is 2.89. The van der Waals surface area contributed by atoms with Crippen LogP contribution in [0.5, 0.6) is 0 Å². The summed E-state index contributed by atoms with van der Waals surface area (Å²) in [4.78, 5) is 27.9. The van der Waals surface area contributed by atoms with E-state index in [0.717, 1.165) is 11.1 Å². The third kappa shape index (κ3) is 4.38. The molecule has 1 heterocycles. The molecule has 0 saturated carbocycles. The van der Waals surface area contributed by atoms with Gasteiger partial charge in [-0.2, -0.15) is 0 Å². The molecule has 1 unspecified atom stereocenters. The Morgan fingerprint density at radius 1 is 1.04 bits per heavy atom. The summed E-state index contributed by atoms with van der Waals surface area (Å²) in [6, 6.07) is 16.4. The smallest absolute Gasteiger partial charge is 0.325 e. The lowest BCUT2D eigenvalue weighted by atomic mass is 10.1. The second-order valence-electron chi connectivity index (χ2n) is 6.24. The Morgan fingerprint density at radius 3 is 2.40 bits per heavy atom. The summed E-state index contributed by atoms with van der Waals surface area (Å²) in [7, 11) is 1.87. The van der Waals surface area contributed by atoms with Gasteiger partial charge in [-0.3, -0.25) is 9.69 Å². The van der Waals surface area contributed by atoms with Crippen LogP contribution in [0.1, 0.15) is 11.1 Å². The van der Waals surface area contributed by atoms with E-state index < -0.39 is 6.04 Å². The number of rotatable bonds is 6. The number of nitrogens with one attached hydrogen (secondary N) is 1. The van der Waals surface area contributed by atoms with Gasteiger partial charge in [-0.1, -0.05) is 54.1 Å². The molecule has 0 aliphatic carbocycles. The lowest BCUT2D eigenvalue weighted by Crippen LogP contribution is -2.40. The van der Waals surface area contributed by atoms with E-state index in [1.807, 2.05) is 66.5 Å². The van der Waals surface area contributed by atoms with E-state index in [1.54, 1.807) is 0 Å². The molecule has 25 heavy (non-hydrogen) atoms. The van der Waals surface area contributed by atoms with Gasteiger partial charge >= 0.3 is 6.03 Å². The first-order valence-electron chi connectivity index (χ1n) is 8.12. The Kier molecular flexibility index (Phi) is 5.36. The van der Waals surface area contributed by atoms with Gasteiger partial charge in [0.05, 0.1) is 6.67 Å². The van der Waals surface area contributed by atoms with E-state index in [-0.39, 0.29) is 18.6 Å². The van der Waals surface area contributed by atoms with Gasteiger partial charge in [0.1, 0.15) is 6.04 Å². The number of amides is 3. The highest BCUT2D eigenvalue weighted by Gasteiger charge is 2.38. The van der Waals surface area contributed by atoms with Crippen LogP contribution in [0.4, 0.5) is 4.79 Å². The van der Waals surface area contributed by atoms with E-state index in [4.69, 9.17) is 11.6 Å². The monoisotopic (exact) mass is 357 g/mol. The van der Waals surface area contributed by atoms with Gasteiger partial charge in [0, 0.05) is 18.0 Å². The zero-order chi connectivity index (χ0) is 17.8. The molecule has 130 valence electrons. The predicted molar refractivity (Wildman–Crippen MR) is 97.1 cm³/mol. The minimum atomic E-state index is -0.501. The second kappa shape index (κ2) is 7.68. The van der Waals surface area contributed by atoms with Crippen LogP contribution in [-0.4, -0.2) is 41.5 Å². The molecule has 0 aromatic heterocycles. The molecule has 3 amide bonds. The number of hydrogen-bond donors (Lipinski definition) is 1. The van der Waals surface area contributed by atoms with Crippen molar-refractivity contribution in [3.05, 3.63) is 70.7 Å². The van der Waals surface area contributed by atoms with E-state index in [9.17, 15) is 9.59 Å². The lowest BCUT2D eigenvalue weighted by Gasteiger charge is -2.22. The van der Waals surface area contributed by atoms with Crippen LogP contribution in [0.25, 0.3) is 0 Å². The molecule has 3 rings (SSSR count). The van der Waals surface area contributed by atoms with Gasteiger partial charge in [-0.25, -0.2) is 9.69 Å². The quantitative estimate of drug-likeness (QED) is 0.809. The summed E-state index contributed by atoms with van der Waals surface area (Å²) < 4.78 is 0. The van der Waals surface area contributed by atoms with Crippen molar-refractivity contribution >= 4 is 23.5 Å². The van der Waals surface area contributed by atoms with Gasteiger partial charge in [-0.15, -0.1) is 0 Å². The van der Waals surface area contributed by atoms with Gasteiger partial charge in [0.15, 0.2) is 0 Å². The van der Waals surface area contributed by atoms with E-state index in [1.165, 1.54) is 4.90 Å². The molecule has 1 saturated heterocycles. The molecule has 1 aliphatic rings. The summed E-state index contributed by atoms with van der Waals surface area (Å²) in [5, 5.41) is 3.46. The summed E-state index contributed by atoms with van der Waals surface area (Å²) in [6.45, 7) is 0.871. The molecule has 0 radical (unpaired) electrons. The number of carbonyl (C=O) groups excluding carboxylic acids is 2. The molecule has 0 bridgehead atoms. The average molecular weight is 358 g/mol. The van der Waals surface area contributed by atoms with Crippen molar-refractivity contribution < 1.29 is 9.59 Å². The summed E-state index contributed by atoms with van der Waals surface area (Å²) in [5.41, 5.74) is 2.09. The first-order valence-corrected chi connectivity index (χ1v) is 8.49. The fraction of sp³-hybridized carbons (Fsp3) is 0.263. The van der Waals surface area contributed by atoms with E-state index in [2.05, 4.69) is 5.32 Å². The largest absolute Gasteiger partial charge is 0.325 e. The standard InChI is InChI=1S/C19H20ClN3O2/c1-22(12-15-7-9-16(20)10-8-15)13-23-18(24)17(21-19(23)25)11-14-5-3-2-4-6-14/h2-10,17H,11-13H2,1H3,(H,21,25). The number of halogens is 1. The number of carbonyl (C=O) groups is 2. The van der Waals surface area contributed by atoms with Crippen molar-refractivity contribution in [1.29, 1.82) is 0 Å². The first kappa shape index (κ1) is 17.5. The number of urea groups is 1. The zero-order valence-electron chi connectivity index (χ0n) is 14.0. The number of hydrogen-bond acceptors (Lipinski definition) is 3. The molecular formula is C19H20ClN3O2. The third-order valence-corrected chi connectivity index (χ3v) is 4.39. The van der Waals surface area contributed by atoms with Crippen molar-refractivity contribution in [2.45, 2.75) is 19.0 Å². The molecule has 6 heteroatoms. The second-order valence-corrected chi connectivity index (χ2v) is 6.68. The van der Waals surface area contributed by atoms with Crippen LogP contribution >= 0.6 is 11.6 Å².